The van der Waals surface area contributed by atoms with Crippen LogP contribution in [0.5, 0.6) is 0 Å². The molecule has 0 heterocycles. The second kappa shape index (κ2) is 9.78. The first-order valence-electron chi connectivity index (χ1n) is 5.11. The van der Waals surface area contributed by atoms with Gasteiger partial charge in [0, 0.05) is 29.4 Å². The minimum absolute atomic E-state index is 0.890. The van der Waals surface area contributed by atoms with E-state index in [2.05, 4.69) is 40.2 Å². The van der Waals surface area contributed by atoms with E-state index in [4.69, 9.17) is 0 Å². The third-order valence-electron chi connectivity index (χ3n) is 2.05. The van der Waals surface area contributed by atoms with E-state index in [0.29, 0.717) is 0 Å². The van der Waals surface area contributed by atoms with E-state index in [9.17, 15) is 0 Å². The fourth-order valence-corrected chi connectivity index (χ4v) is 1.66. The van der Waals surface area contributed by atoms with Crippen LogP contribution in [0.4, 0.5) is 0 Å². The summed E-state index contributed by atoms with van der Waals surface area (Å²) in [6.45, 7) is 5.78. The van der Waals surface area contributed by atoms with Crippen LogP contribution >= 0.6 is 22.9 Å². The summed E-state index contributed by atoms with van der Waals surface area (Å²) in [7, 11) is 0. The van der Waals surface area contributed by atoms with Crippen molar-refractivity contribution in [2.24, 2.45) is 5.92 Å². The molecule has 0 aliphatic carbocycles. The Morgan fingerprint density at radius 1 is 1.00 bits per heavy atom. The molecule has 74 valence electrons. The molecule has 1 nitrogen and oxygen atoms in total. The van der Waals surface area contributed by atoms with Crippen molar-refractivity contribution < 1.29 is 0 Å². The van der Waals surface area contributed by atoms with E-state index in [1.165, 1.54) is 45.1 Å². The molecular formula is C10H22IN. The lowest BCUT2D eigenvalue weighted by atomic mass is 10.0. The fraction of sp³-hybridized carbons (Fsp3) is 1.00. The molecule has 2 heteroatoms. The Hall–Kier alpha value is 0.690. The lowest BCUT2D eigenvalue weighted by Gasteiger charge is -2.03. The van der Waals surface area contributed by atoms with Gasteiger partial charge in [-0.3, -0.25) is 3.53 Å². The van der Waals surface area contributed by atoms with Crippen molar-refractivity contribution >= 4 is 22.9 Å². The first-order chi connectivity index (χ1) is 5.77. The molecule has 0 aromatic carbocycles. The molecule has 0 bridgehead atoms. The maximum atomic E-state index is 3.15. The topological polar surface area (TPSA) is 12.0 Å². The highest BCUT2D eigenvalue weighted by Crippen LogP contribution is 2.10. The number of unbranched alkanes of at least 4 members (excludes halogenated alkanes) is 4. The van der Waals surface area contributed by atoms with Crippen LogP contribution < -0.4 is 3.53 Å². The lowest BCUT2D eigenvalue weighted by molar-refractivity contribution is 0.515. The predicted octanol–water partition coefficient (Wildman–Crippen LogP) is 3.92. The molecule has 0 aromatic heterocycles. The zero-order valence-electron chi connectivity index (χ0n) is 8.41. The van der Waals surface area contributed by atoms with Gasteiger partial charge in [-0.25, -0.2) is 0 Å². The maximum absolute atomic E-state index is 3.15. The molecule has 0 atom stereocenters. The number of nitrogens with one attached hydrogen (secondary N) is 1. The summed E-state index contributed by atoms with van der Waals surface area (Å²) in [5.41, 5.74) is 0. The van der Waals surface area contributed by atoms with Crippen molar-refractivity contribution in [2.45, 2.75) is 52.4 Å². The lowest BCUT2D eigenvalue weighted by Crippen LogP contribution is -1.98. The monoisotopic (exact) mass is 283 g/mol. The Balaban J connectivity index is 2.82. The van der Waals surface area contributed by atoms with E-state index >= 15 is 0 Å². The van der Waals surface area contributed by atoms with Crippen molar-refractivity contribution in [3.63, 3.8) is 0 Å². The van der Waals surface area contributed by atoms with Gasteiger partial charge in [0.25, 0.3) is 0 Å². The summed E-state index contributed by atoms with van der Waals surface area (Å²) < 4.78 is 3.15. The fourth-order valence-electron chi connectivity index (χ4n) is 1.27. The molecular weight excluding hydrogens is 261 g/mol. The van der Waals surface area contributed by atoms with Crippen molar-refractivity contribution in [1.82, 2.24) is 3.53 Å². The van der Waals surface area contributed by atoms with Crippen LogP contribution in [0.2, 0.25) is 0 Å². The normalized spacial score (nSPS) is 11.0. The Kier molecular flexibility index (Phi) is 10.3. The third-order valence-corrected chi connectivity index (χ3v) is 2.59. The second-order valence-corrected chi connectivity index (χ2v) is 4.60. The number of rotatable bonds is 8. The Labute approximate surface area is 91.2 Å². The van der Waals surface area contributed by atoms with E-state index in [1.807, 2.05) is 0 Å². The first-order valence-corrected chi connectivity index (χ1v) is 6.18. The molecule has 0 saturated heterocycles. The summed E-state index contributed by atoms with van der Waals surface area (Å²) in [6, 6.07) is 0. The number of hydrogen-bond acceptors (Lipinski definition) is 1. The second-order valence-electron chi connectivity index (χ2n) is 3.83. The molecule has 0 aliphatic rings. The average Bonchev–Trinajstić information content (AvgIpc) is 2.02. The summed E-state index contributed by atoms with van der Waals surface area (Å²) in [4.78, 5) is 0. The largest absolute Gasteiger partial charge is 0.261 e. The molecule has 0 radical (unpaired) electrons. The molecule has 0 aliphatic heterocycles. The molecule has 0 amide bonds. The van der Waals surface area contributed by atoms with Gasteiger partial charge >= 0.3 is 0 Å². The van der Waals surface area contributed by atoms with Gasteiger partial charge in [0.1, 0.15) is 0 Å². The molecule has 0 fully saturated rings. The van der Waals surface area contributed by atoms with Crippen molar-refractivity contribution in [3.8, 4) is 0 Å². The van der Waals surface area contributed by atoms with E-state index in [1.54, 1.807) is 0 Å². The van der Waals surface area contributed by atoms with Crippen LogP contribution in [0, 0.1) is 5.92 Å². The van der Waals surface area contributed by atoms with Gasteiger partial charge < -0.3 is 0 Å². The van der Waals surface area contributed by atoms with Crippen LogP contribution in [-0.2, 0) is 0 Å². The molecule has 0 aromatic rings. The SMILES string of the molecule is CC(C)CCCCCCCNI. The Morgan fingerprint density at radius 3 is 2.17 bits per heavy atom. The summed E-state index contributed by atoms with van der Waals surface area (Å²) in [6.07, 6.45) is 8.42. The van der Waals surface area contributed by atoms with Crippen LogP contribution in [0.15, 0.2) is 0 Å². The molecule has 0 spiro atoms. The van der Waals surface area contributed by atoms with Gasteiger partial charge in [0.2, 0.25) is 0 Å². The van der Waals surface area contributed by atoms with Crippen molar-refractivity contribution in [3.05, 3.63) is 0 Å². The van der Waals surface area contributed by atoms with Gasteiger partial charge in [-0.2, -0.15) is 0 Å². The molecule has 1 N–H and O–H groups in total. The quantitative estimate of drug-likeness (QED) is 0.404. The first kappa shape index (κ1) is 12.7. The Bertz CT molecular complexity index is 83.9. The van der Waals surface area contributed by atoms with Gasteiger partial charge in [-0.05, 0) is 12.3 Å². The van der Waals surface area contributed by atoms with Gasteiger partial charge in [0.05, 0.1) is 0 Å². The number of hydrogen-bond donors (Lipinski definition) is 1. The molecule has 12 heavy (non-hydrogen) atoms. The van der Waals surface area contributed by atoms with Gasteiger partial charge in [-0.15, -0.1) is 0 Å². The van der Waals surface area contributed by atoms with Crippen LogP contribution in [-0.4, -0.2) is 6.54 Å². The predicted molar refractivity (Wildman–Crippen MR) is 64.6 cm³/mol. The van der Waals surface area contributed by atoms with Gasteiger partial charge in [0.15, 0.2) is 0 Å². The summed E-state index contributed by atoms with van der Waals surface area (Å²) in [5.74, 6) is 0.890. The van der Waals surface area contributed by atoms with Gasteiger partial charge in [-0.1, -0.05) is 46.0 Å². The maximum Gasteiger partial charge on any atom is 0.0169 e. The standard InChI is InChI=1S/C10H22IN/c1-10(2)8-6-4-3-5-7-9-12-11/h10,12H,3-9H2,1-2H3. The van der Waals surface area contributed by atoms with Crippen molar-refractivity contribution in [2.75, 3.05) is 6.54 Å². The van der Waals surface area contributed by atoms with Crippen LogP contribution in [0.3, 0.4) is 0 Å². The summed E-state index contributed by atoms with van der Waals surface area (Å²) >= 11 is 2.21. The number of halogens is 1. The molecule has 0 unspecified atom stereocenters. The zero-order valence-corrected chi connectivity index (χ0v) is 10.6. The smallest absolute Gasteiger partial charge is 0.0169 e. The highest BCUT2D eigenvalue weighted by atomic mass is 127. The van der Waals surface area contributed by atoms with Crippen LogP contribution in [0.1, 0.15) is 52.4 Å². The minimum atomic E-state index is 0.890. The van der Waals surface area contributed by atoms with E-state index < -0.39 is 0 Å². The minimum Gasteiger partial charge on any atom is -0.261 e. The molecule has 0 saturated carbocycles. The van der Waals surface area contributed by atoms with Crippen LogP contribution in [0.25, 0.3) is 0 Å². The average molecular weight is 283 g/mol. The Morgan fingerprint density at radius 2 is 1.58 bits per heavy atom. The summed E-state index contributed by atoms with van der Waals surface area (Å²) in [5, 5.41) is 0. The third kappa shape index (κ3) is 10.7. The van der Waals surface area contributed by atoms with Crippen molar-refractivity contribution in [1.29, 1.82) is 0 Å². The van der Waals surface area contributed by atoms with E-state index in [0.717, 1.165) is 5.92 Å². The van der Waals surface area contributed by atoms with E-state index in [-0.39, 0.29) is 0 Å². The molecule has 0 rings (SSSR count). The highest BCUT2D eigenvalue weighted by molar-refractivity contribution is 14.1. The zero-order chi connectivity index (χ0) is 9.23. The highest BCUT2D eigenvalue weighted by Gasteiger charge is 1.93.